The standard InChI is InChI=1S/C14H20N2O/c1-10(12-7-4-8-13(15)9-12)16(2)14(17)11-5-3-6-11/h4,7-11H,3,5-6,15H2,1-2H3. The predicted molar refractivity (Wildman–Crippen MR) is 69.4 cm³/mol. The minimum absolute atomic E-state index is 0.0894. The van der Waals surface area contributed by atoms with E-state index in [4.69, 9.17) is 5.73 Å². The number of nitrogen functional groups attached to an aromatic ring is 1. The molecule has 1 aromatic rings. The first kappa shape index (κ1) is 12.0. The molecule has 0 heterocycles. The smallest absolute Gasteiger partial charge is 0.225 e. The molecule has 1 atom stereocenters. The van der Waals surface area contributed by atoms with E-state index in [1.807, 2.05) is 43.1 Å². The first-order valence-corrected chi connectivity index (χ1v) is 6.21. The molecule has 1 unspecified atom stereocenters. The number of rotatable bonds is 3. The summed E-state index contributed by atoms with van der Waals surface area (Å²) in [5.41, 5.74) is 7.61. The summed E-state index contributed by atoms with van der Waals surface area (Å²) in [5.74, 6) is 0.523. The molecule has 0 aromatic heterocycles. The van der Waals surface area contributed by atoms with Gasteiger partial charge in [-0.25, -0.2) is 0 Å². The summed E-state index contributed by atoms with van der Waals surface area (Å²) in [6.45, 7) is 2.05. The van der Waals surface area contributed by atoms with Gasteiger partial charge in [0.1, 0.15) is 0 Å². The minimum Gasteiger partial charge on any atom is -0.399 e. The van der Waals surface area contributed by atoms with E-state index in [-0.39, 0.29) is 17.9 Å². The summed E-state index contributed by atoms with van der Waals surface area (Å²) in [4.78, 5) is 14.0. The molecule has 2 rings (SSSR count). The third-order valence-corrected chi connectivity index (χ3v) is 3.78. The molecule has 92 valence electrons. The van der Waals surface area contributed by atoms with E-state index >= 15 is 0 Å². The maximum atomic E-state index is 12.1. The molecule has 1 aromatic carbocycles. The molecule has 1 saturated carbocycles. The van der Waals surface area contributed by atoms with Crippen LogP contribution in [0.15, 0.2) is 24.3 Å². The lowest BCUT2D eigenvalue weighted by atomic mass is 9.84. The topological polar surface area (TPSA) is 46.3 Å². The van der Waals surface area contributed by atoms with Crippen LogP contribution >= 0.6 is 0 Å². The third kappa shape index (κ3) is 2.43. The van der Waals surface area contributed by atoms with Crippen LogP contribution in [0, 0.1) is 5.92 Å². The molecular formula is C14H20N2O. The van der Waals surface area contributed by atoms with Crippen molar-refractivity contribution in [3.8, 4) is 0 Å². The number of carbonyl (C=O) groups is 1. The average Bonchev–Trinajstić information content (AvgIpc) is 2.24. The van der Waals surface area contributed by atoms with Crippen LogP contribution in [-0.2, 0) is 4.79 Å². The van der Waals surface area contributed by atoms with Crippen LogP contribution in [0.25, 0.3) is 0 Å². The number of benzene rings is 1. The Kier molecular flexibility index (Phi) is 3.36. The highest BCUT2D eigenvalue weighted by Crippen LogP contribution is 2.31. The van der Waals surface area contributed by atoms with Gasteiger partial charge in [0.2, 0.25) is 5.91 Å². The number of nitrogens with zero attached hydrogens (tertiary/aromatic N) is 1. The Labute approximate surface area is 103 Å². The molecule has 17 heavy (non-hydrogen) atoms. The lowest BCUT2D eigenvalue weighted by Gasteiger charge is -2.33. The Morgan fingerprint density at radius 1 is 1.47 bits per heavy atom. The van der Waals surface area contributed by atoms with Crippen LogP contribution in [0.2, 0.25) is 0 Å². The van der Waals surface area contributed by atoms with Crippen LogP contribution in [0.3, 0.4) is 0 Å². The van der Waals surface area contributed by atoms with Gasteiger partial charge in [-0.15, -0.1) is 0 Å². The van der Waals surface area contributed by atoms with Gasteiger partial charge in [0.25, 0.3) is 0 Å². The molecule has 1 amide bonds. The Morgan fingerprint density at radius 3 is 2.71 bits per heavy atom. The highest BCUT2D eigenvalue weighted by molar-refractivity contribution is 5.79. The highest BCUT2D eigenvalue weighted by atomic mass is 16.2. The van der Waals surface area contributed by atoms with E-state index in [2.05, 4.69) is 0 Å². The van der Waals surface area contributed by atoms with Crippen molar-refractivity contribution in [1.29, 1.82) is 0 Å². The van der Waals surface area contributed by atoms with Crippen LogP contribution in [-0.4, -0.2) is 17.9 Å². The molecule has 3 heteroatoms. The van der Waals surface area contributed by atoms with E-state index < -0.39 is 0 Å². The molecule has 3 nitrogen and oxygen atoms in total. The number of hydrogen-bond acceptors (Lipinski definition) is 2. The second-order valence-electron chi connectivity index (χ2n) is 4.92. The van der Waals surface area contributed by atoms with Crippen molar-refractivity contribution >= 4 is 11.6 Å². The summed E-state index contributed by atoms with van der Waals surface area (Å²) < 4.78 is 0. The third-order valence-electron chi connectivity index (χ3n) is 3.78. The SMILES string of the molecule is CC(c1cccc(N)c1)N(C)C(=O)C1CCC1. The average molecular weight is 232 g/mol. The molecule has 0 radical (unpaired) electrons. The van der Waals surface area contributed by atoms with Gasteiger partial charge < -0.3 is 10.6 Å². The Bertz CT molecular complexity index is 412. The van der Waals surface area contributed by atoms with Gasteiger partial charge >= 0.3 is 0 Å². The molecule has 1 aliphatic carbocycles. The number of nitrogens with two attached hydrogens (primary N) is 1. The summed E-state index contributed by atoms with van der Waals surface area (Å²) in [5, 5.41) is 0. The van der Waals surface area contributed by atoms with E-state index in [1.54, 1.807) is 0 Å². The maximum Gasteiger partial charge on any atom is 0.225 e. The Balaban J connectivity index is 2.08. The van der Waals surface area contributed by atoms with E-state index in [0.29, 0.717) is 0 Å². The maximum absolute atomic E-state index is 12.1. The van der Waals surface area contributed by atoms with Crippen LogP contribution < -0.4 is 5.73 Å². The molecule has 0 saturated heterocycles. The van der Waals surface area contributed by atoms with Gasteiger partial charge in [0, 0.05) is 18.7 Å². The molecular weight excluding hydrogens is 212 g/mol. The lowest BCUT2D eigenvalue weighted by Crippen LogP contribution is -2.37. The van der Waals surface area contributed by atoms with Gasteiger partial charge in [-0.1, -0.05) is 18.6 Å². The zero-order chi connectivity index (χ0) is 12.4. The highest BCUT2D eigenvalue weighted by Gasteiger charge is 2.29. The zero-order valence-corrected chi connectivity index (χ0v) is 10.5. The fourth-order valence-corrected chi connectivity index (χ4v) is 2.18. The number of amides is 1. The second-order valence-corrected chi connectivity index (χ2v) is 4.92. The number of hydrogen-bond donors (Lipinski definition) is 1. The van der Waals surface area contributed by atoms with Crippen molar-refractivity contribution in [2.24, 2.45) is 5.92 Å². The quantitative estimate of drug-likeness (QED) is 0.814. The van der Waals surface area contributed by atoms with Crippen LogP contribution in [0.4, 0.5) is 5.69 Å². The molecule has 2 N–H and O–H groups in total. The van der Waals surface area contributed by atoms with Gasteiger partial charge in [-0.05, 0) is 37.5 Å². The van der Waals surface area contributed by atoms with Gasteiger partial charge in [0.15, 0.2) is 0 Å². The van der Waals surface area contributed by atoms with Crippen molar-refractivity contribution in [2.75, 3.05) is 12.8 Å². The van der Waals surface area contributed by atoms with Crippen LogP contribution in [0.5, 0.6) is 0 Å². The molecule has 1 fully saturated rings. The van der Waals surface area contributed by atoms with Crippen LogP contribution in [0.1, 0.15) is 37.8 Å². The summed E-state index contributed by atoms with van der Waals surface area (Å²) in [6.07, 6.45) is 3.29. The lowest BCUT2D eigenvalue weighted by molar-refractivity contribution is -0.138. The van der Waals surface area contributed by atoms with Crippen molar-refractivity contribution < 1.29 is 4.79 Å². The summed E-state index contributed by atoms with van der Waals surface area (Å²) in [6, 6.07) is 7.85. The van der Waals surface area contributed by atoms with Crippen molar-refractivity contribution in [2.45, 2.75) is 32.2 Å². The fraction of sp³-hybridized carbons (Fsp3) is 0.500. The zero-order valence-electron chi connectivity index (χ0n) is 10.5. The largest absolute Gasteiger partial charge is 0.399 e. The number of carbonyl (C=O) groups excluding carboxylic acids is 1. The minimum atomic E-state index is 0.0894. The van der Waals surface area contributed by atoms with Gasteiger partial charge in [0.05, 0.1) is 6.04 Å². The predicted octanol–water partition coefficient (Wildman–Crippen LogP) is 2.59. The fourth-order valence-electron chi connectivity index (χ4n) is 2.18. The number of anilines is 1. The van der Waals surface area contributed by atoms with Gasteiger partial charge in [-0.2, -0.15) is 0 Å². The monoisotopic (exact) mass is 232 g/mol. The first-order chi connectivity index (χ1) is 8.09. The van der Waals surface area contributed by atoms with E-state index in [9.17, 15) is 4.79 Å². The molecule has 0 bridgehead atoms. The van der Waals surface area contributed by atoms with E-state index in [0.717, 1.165) is 24.1 Å². The normalized spacial score (nSPS) is 17.3. The Morgan fingerprint density at radius 2 is 2.18 bits per heavy atom. The first-order valence-electron chi connectivity index (χ1n) is 6.21. The summed E-state index contributed by atoms with van der Waals surface area (Å²) in [7, 11) is 1.88. The Hall–Kier alpha value is -1.51. The second kappa shape index (κ2) is 4.78. The molecule has 0 spiro atoms. The van der Waals surface area contributed by atoms with Crippen molar-refractivity contribution in [3.63, 3.8) is 0 Å². The van der Waals surface area contributed by atoms with Crippen molar-refractivity contribution in [1.82, 2.24) is 4.90 Å². The van der Waals surface area contributed by atoms with E-state index in [1.165, 1.54) is 6.42 Å². The van der Waals surface area contributed by atoms with Crippen molar-refractivity contribution in [3.05, 3.63) is 29.8 Å². The summed E-state index contributed by atoms with van der Waals surface area (Å²) >= 11 is 0. The molecule has 1 aliphatic rings. The molecule has 0 aliphatic heterocycles. The van der Waals surface area contributed by atoms with Gasteiger partial charge in [-0.3, -0.25) is 4.79 Å².